The van der Waals surface area contributed by atoms with Crippen molar-refractivity contribution in [3.05, 3.63) is 78.4 Å². The summed E-state index contributed by atoms with van der Waals surface area (Å²) in [4.78, 5) is 14.2. The largest absolute Gasteiger partial charge is 0.495 e. The van der Waals surface area contributed by atoms with Gasteiger partial charge in [-0.25, -0.2) is 0 Å². The number of fused-ring (bicyclic) bond motifs is 1. The number of hydrogen-bond acceptors (Lipinski definition) is 3. The van der Waals surface area contributed by atoms with Crippen LogP contribution in [0.4, 0.5) is 11.4 Å². The molecule has 1 heterocycles. The molecule has 0 saturated heterocycles. The van der Waals surface area contributed by atoms with Crippen LogP contribution < -0.4 is 15.4 Å². The lowest BCUT2D eigenvalue weighted by Crippen LogP contribution is -2.19. The van der Waals surface area contributed by atoms with E-state index in [1.807, 2.05) is 36.4 Å². The molecule has 0 fully saturated rings. The molecule has 0 aliphatic heterocycles. The number of nitrogens with one attached hydrogen (secondary N) is 3. The summed E-state index contributed by atoms with van der Waals surface area (Å²) in [6.45, 7) is 0. The highest BCUT2D eigenvalue weighted by atomic mass is 32.1. The van der Waals surface area contributed by atoms with Gasteiger partial charge in [-0.2, -0.15) is 0 Å². The number of methoxy groups -OCH3 is 1. The predicted molar refractivity (Wildman–Crippen MR) is 128 cm³/mol. The molecule has 6 nitrogen and oxygen atoms in total. The van der Waals surface area contributed by atoms with E-state index in [-0.39, 0.29) is 6.42 Å². The van der Waals surface area contributed by atoms with Gasteiger partial charge in [-0.3, -0.25) is 4.79 Å². The van der Waals surface area contributed by atoms with E-state index in [9.17, 15) is 4.79 Å². The first-order valence-corrected chi connectivity index (χ1v) is 10.1. The number of aromatic amines is 1. The van der Waals surface area contributed by atoms with Crippen molar-refractivity contribution in [3.63, 3.8) is 0 Å². The average Bonchev–Trinajstić information content (AvgIpc) is 3.19. The van der Waals surface area contributed by atoms with Crippen molar-refractivity contribution in [2.45, 2.75) is 6.42 Å². The molecule has 3 aromatic carbocycles. The summed E-state index contributed by atoms with van der Waals surface area (Å²) in [7, 11) is 1.61. The Morgan fingerprint density at radius 2 is 1.81 bits per heavy atom. The zero-order valence-corrected chi connectivity index (χ0v) is 17.6. The van der Waals surface area contributed by atoms with Crippen LogP contribution in [0.1, 0.15) is 5.56 Å². The van der Waals surface area contributed by atoms with Crippen LogP contribution in [0, 0.1) is 0 Å². The van der Waals surface area contributed by atoms with Crippen LogP contribution in [-0.2, 0) is 11.2 Å². The summed E-state index contributed by atoms with van der Waals surface area (Å²) < 4.78 is 5.48. The fourth-order valence-corrected chi connectivity index (χ4v) is 3.60. The Hall–Kier alpha value is -3.84. The smallest absolute Gasteiger partial charge is 0.307 e. The Bertz CT molecular complexity index is 1220. The number of carbonyl (C=O) groups is 1. The number of thiocarbonyl (C=S) groups is 1. The van der Waals surface area contributed by atoms with Gasteiger partial charge in [0.05, 0.1) is 19.2 Å². The SMILES string of the molecule is COc1ccc(-c2cc3ccccc3[nH]2)cc1NC(=S)Nc1ccc(CC(=O)O)cc1. The summed E-state index contributed by atoms with van der Waals surface area (Å²) in [6.07, 6.45) is -0.0132. The van der Waals surface area contributed by atoms with Crippen LogP contribution in [0.25, 0.3) is 22.2 Å². The number of aliphatic carboxylic acids is 1. The third kappa shape index (κ3) is 4.84. The second-order valence-electron chi connectivity index (χ2n) is 7.03. The predicted octanol–water partition coefficient (Wildman–Crippen LogP) is 5.28. The Morgan fingerprint density at radius 3 is 2.52 bits per heavy atom. The van der Waals surface area contributed by atoms with Crippen molar-refractivity contribution in [2.24, 2.45) is 0 Å². The number of carboxylic acids is 1. The monoisotopic (exact) mass is 431 g/mol. The number of ether oxygens (including phenoxy) is 1. The minimum atomic E-state index is -0.861. The summed E-state index contributed by atoms with van der Waals surface area (Å²) in [5.74, 6) is -0.194. The molecule has 7 heteroatoms. The number of carboxylic acid groups (broad SMARTS) is 1. The summed E-state index contributed by atoms with van der Waals surface area (Å²) in [6, 6.07) is 23.2. The van der Waals surface area contributed by atoms with Gasteiger partial charge in [0.25, 0.3) is 0 Å². The van der Waals surface area contributed by atoms with Gasteiger partial charge in [0.2, 0.25) is 0 Å². The highest BCUT2D eigenvalue weighted by Crippen LogP contribution is 2.32. The van der Waals surface area contributed by atoms with Crippen LogP contribution in [0.3, 0.4) is 0 Å². The Morgan fingerprint density at radius 1 is 1.03 bits per heavy atom. The maximum atomic E-state index is 10.8. The van der Waals surface area contributed by atoms with Crippen LogP contribution in [0.5, 0.6) is 5.75 Å². The first-order chi connectivity index (χ1) is 15.0. The molecule has 1 aromatic heterocycles. The highest BCUT2D eigenvalue weighted by Gasteiger charge is 2.10. The Labute approximate surface area is 184 Å². The van der Waals surface area contributed by atoms with E-state index in [0.717, 1.165) is 39.1 Å². The number of rotatable bonds is 6. The third-order valence-electron chi connectivity index (χ3n) is 4.86. The number of anilines is 2. The van der Waals surface area contributed by atoms with Gasteiger partial charge in [-0.1, -0.05) is 30.3 Å². The van der Waals surface area contributed by atoms with Crippen molar-refractivity contribution < 1.29 is 14.6 Å². The number of para-hydroxylation sites is 1. The van der Waals surface area contributed by atoms with Crippen molar-refractivity contribution >= 4 is 45.6 Å². The normalized spacial score (nSPS) is 10.6. The van der Waals surface area contributed by atoms with E-state index < -0.39 is 5.97 Å². The molecule has 0 aliphatic rings. The first-order valence-electron chi connectivity index (χ1n) is 9.67. The molecular formula is C24H21N3O3S. The number of benzene rings is 3. The number of H-pyrrole nitrogens is 1. The number of aromatic nitrogens is 1. The van der Waals surface area contributed by atoms with E-state index in [0.29, 0.717) is 10.9 Å². The van der Waals surface area contributed by atoms with Gasteiger partial charge in [-0.15, -0.1) is 0 Å². The lowest BCUT2D eigenvalue weighted by Gasteiger charge is -2.15. The molecule has 0 bridgehead atoms. The van der Waals surface area contributed by atoms with Gasteiger partial charge in [0, 0.05) is 27.8 Å². The molecule has 156 valence electrons. The maximum absolute atomic E-state index is 10.8. The maximum Gasteiger partial charge on any atom is 0.307 e. The molecule has 4 N–H and O–H groups in total. The molecule has 0 atom stereocenters. The van der Waals surface area contributed by atoms with E-state index in [1.54, 1.807) is 31.4 Å². The molecule has 0 spiro atoms. The molecule has 4 aromatic rings. The van der Waals surface area contributed by atoms with E-state index in [4.69, 9.17) is 22.1 Å². The second kappa shape index (κ2) is 8.89. The Balaban J connectivity index is 1.52. The third-order valence-corrected chi connectivity index (χ3v) is 5.06. The second-order valence-corrected chi connectivity index (χ2v) is 7.44. The van der Waals surface area contributed by atoms with Crippen molar-refractivity contribution in [3.8, 4) is 17.0 Å². The van der Waals surface area contributed by atoms with Crippen molar-refractivity contribution in [1.82, 2.24) is 4.98 Å². The quantitative estimate of drug-likeness (QED) is 0.311. The molecule has 4 rings (SSSR count). The van der Waals surface area contributed by atoms with Crippen LogP contribution in [0.2, 0.25) is 0 Å². The van der Waals surface area contributed by atoms with E-state index in [2.05, 4.69) is 27.8 Å². The van der Waals surface area contributed by atoms with Crippen molar-refractivity contribution in [2.75, 3.05) is 17.7 Å². The van der Waals surface area contributed by atoms with Gasteiger partial charge in [0.1, 0.15) is 5.75 Å². The molecule has 0 amide bonds. The standard InChI is InChI=1S/C24H21N3O3S/c1-30-22-11-8-17(20-13-16-4-2-3-5-19(16)26-20)14-21(22)27-24(31)25-18-9-6-15(7-10-18)12-23(28)29/h2-11,13-14,26H,12H2,1H3,(H,28,29)(H2,25,27,31). The molecule has 0 aliphatic carbocycles. The zero-order valence-electron chi connectivity index (χ0n) is 16.8. The first kappa shape index (κ1) is 20.4. The minimum absolute atomic E-state index is 0.0132. The number of hydrogen-bond donors (Lipinski definition) is 4. The van der Waals surface area contributed by atoms with E-state index in [1.165, 1.54) is 0 Å². The van der Waals surface area contributed by atoms with Crippen LogP contribution in [-0.4, -0.2) is 28.3 Å². The van der Waals surface area contributed by atoms with Crippen LogP contribution in [0.15, 0.2) is 72.8 Å². The summed E-state index contributed by atoms with van der Waals surface area (Å²) in [5, 5.41) is 16.7. The molecule has 0 unspecified atom stereocenters. The summed E-state index contributed by atoms with van der Waals surface area (Å²) in [5.41, 5.74) is 5.30. The van der Waals surface area contributed by atoms with Crippen LogP contribution >= 0.6 is 12.2 Å². The Kier molecular flexibility index (Phi) is 5.86. The molecule has 31 heavy (non-hydrogen) atoms. The fraction of sp³-hybridized carbons (Fsp3) is 0.0833. The van der Waals surface area contributed by atoms with Gasteiger partial charge >= 0.3 is 5.97 Å². The lowest BCUT2D eigenvalue weighted by atomic mass is 10.1. The molecule has 0 radical (unpaired) electrons. The van der Waals surface area contributed by atoms with E-state index >= 15 is 0 Å². The minimum Gasteiger partial charge on any atom is -0.495 e. The summed E-state index contributed by atoms with van der Waals surface area (Å²) >= 11 is 5.46. The van der Waals surface area contributed by atoms with Gasteiger partial charge in [0.15, 0.2) is 5.11 Å². The van der Waals surface area contributed by atoms with Gasteiger partial charge in [-0.05, 0) is 60.2 Å². The van der Waals surface area contributed by atoms with Crippen molar-refractivity contribution in [1.29, 1.82) is 0 Å². The highest BCUT2D eigenvalue weighted by molar-refractivity contribution is 7.80. The molecular weight excluding hydrogens is 410 g/mol. The average molecular weight is 432 g/mol. The molecule has 0 saturated carbocycles. The van der Waals surface area contributed by atoms with Gasteiger partial charge < -0.3 is 25.5 Å². The fourth-order valence-electron chi connectivity index (χ4n) is 3.37. The lowest BCUT2D eigenvalue weighted by molar-refractivity contribution is -0.136. The topological polar surface area (TPSA) is 86.4 Å². The zero-order chi connectivity index (χ0) is 21.8.